The molecular weight excluding hydrogens is 286 g/mol. The van der Waals surface area contributed by atoms with Gasteiger partial charge in [-0.3, -0.25) is 0 Å². The van der Waals surface area contributed by atoms with Crippen molar-refractivity contribution in [1.82, 2.24) is 14.9 Å². The van der Waals surface area contributed by atoms with E-state index < -0.39 is 5.60 Å². The molecule has 2 rings (SSSR count). The van der Waals surface area contributed by atoms with Crippen LogP contribution >= 0.6 is 13.5 Å². The van der Waals surface area contributed by atoms with Crippen LogP contribution in [0.2, 0.25) is 0 Å². The Hall–Kier alpha value is -1.30. The van der Waals surface area contributed by atoms with Gasteiger partial charge in [0.2, 0.25) is 0 Å². The van der Waals surface area contributed by atoms with Crippen LogP contribution in [0, 0.1) is 12.8 Å². The standard InChI is InChI=1S/C15H23N3O2.H2S/c1-11-16-8-13(9-17-11)7-12-5-6-18(10-12)14(19)20-15(2,3)4;/h8-9,12H,5-7,10H2,1-4H3;1H2. The second kappa shape index (κ2) is 7.11. The fraction of sp³-hybridized carbons (Fsp3) is 0.667. The van der Waals surface area contributed by atoms with Gasteiger partial charge in [-0.1, -0.05) is 0 Å². The van der Waals surface area contributed by atoms with Crippen molar-refractivity contribution in [3.05, 3.63) is 23.8 Å². The van der Waals surface area contributed by atoms with E-state index >= 15 is 0 Å². The summed E-state index contributed by atoms with van der Waals surface area (Å²) in [5.41, 5.74) is 0.701. The Morgan fingerprint density at radius 1 is 1.38 bits per heavy atom. The quantitative estimate of drug-likeness (QED) is 0.842. The van der Waals surface area contributed by atoms with E-state index in [1.54, 1.807) is 4.90 Å². The van der Waals surface area contributed by atoms with Gasteiger partial charge in [0.05, 0.1) is 0 Å². The highest BCUT2D eigenvalue weighted by Gasteiger charge is 2.29. The zero-order valence-electron chi connectivity index (χ0n) is 13.2. The molecule has 21 heavy (non-hydrogen) atoms. The highest BCUT2D eigenvalue weighted by atomic mass is 32.1. The van der Waals surface area contributed by atoms with Crippen molar-refractivity contribution >= 4 is 19.6 Å². The lowest BCUT2D eigenvalue weighted by Crippen LogP contribution is -2.35. The number of amides is 1. The number of hydrogen-bond donors (Lipinski definition) is 0. The summed E-state index contributed by atoms with van der Waals surface area (Å²) in [7, 11) is 0. The number of carbonyl (C=O) groups excluding carboxylic acids is 1. The van der Waals surface area contributed by atoms with E-state index in [1.165, 1.54) is 0 Å². The number of aromatic nitrogens is 2. The van der Waals surface area contributed by atoms with Gasteiger partial charge in [0.15, 0.2) is 0 Å². The fourth-order valence-corrected chi connectivity index (χ4v) is 2.35. The van der Waals surface area contributed by atoms with Crippen molar-refractivity contribution in [2.45, 2.75) is 46.1 Å². The Kier molecular flexibility index (Phi) is 6.01. The number of likely N-dealkylation sites (tertiary alicyclic amines) is 1. The van der Waals surface area contributed by atoms with Crippen LogP contribution in [0.4, 0.5) is 4.79 Å². The Morgan fingerprint density at radius 2 is 2.00 bits per heavy atom. The molecule has 0 spiro atoms. The molecule has 1 fully saturated rings. The Labute approximate surface area is 133 Å². The highest BCUT2D eigenvalue weighted by Crippen LogP contribution is 2.22. The van der Waals surface area contributed by atoms with Crippen LogP contribution in [0.3, 0.4) is 0 Å². The minimum absolute atomic E-state index is 0. The van der Waals surface area contributed by atoms with Crippen molar-refractivity contribution in [1.29, 1.82) is 0 Å². The molecule has 1 amide bonds. The predicted molar refractivity (Wildman–Crippen MR) is 86.8 cm³/mol. The summed E-state index contributed by atoms with van der Waals surface area (Å²) >= 11 is 0. The smallest absolute Gasteiger partial charge is 0.410 e. The van der Waals surface area contributed by atoms with Crippen LogP contribution in [0.25, 0.3) is 0 Å². The van der Waals surface area contributed by atoms with Gasteiger partial charge >= 0.3 is 6.09 Å². The number of carbonyl (C=O) groups is 1. The molecule has 1 aliphatic heterocycles. The van der Waals surface area contributed by atoms with Crippen molar-refractivity contribution in [2.75, 3.05) is 13.1 Å². The van der Waals surface area contributed by atoms with Crippen LogP contribution in [0.15, 0.2) is 12.4 Å². The Morgan fingerprint density at radius 3 is 2.57 bits per heavy atom. The first-order valence-corrected chi connectivity index (χ1v) is 7.09. The molecule has 6 heteroatoms. The van der Waals surface area contributed by atoms with Gasteiger partial charge in [0.1, 0.15) is 11.4 Å². The molecule has 1 aromatic rings. The second-order valence-electron chi connectivity index (χ2n) is 6.42. The van der Waals surface area contributed by atoms with E-state index in [-0.39, 0.29) is 19.6 Å². The molecule has 0 bridgehead atoms. The van der Waals surface area contributed by atoms with E-state index in [2.05, 4.69) is 9.97 Å². The van der Waals surface area contributed by atoms with Gasteiger partial charge in [-0.2, -0.15) is 13.5 Å². The Bertz CT molecular complexity index is 471. The third kappa shape index (κ3) is 5.53. The van der Waals surface area contributed by atoms with Crippen molar-refractivity contribution < 1.29 is 9.53 Å². The molecule has 1 aromatic heterocycles. The van der Waals surface area contributed by atoms with Gasteiger partial charge < -0.3 is 9.64 Å². The third-order valence-corrected chi connectivity index (χ3v) is 3.30. The topological polar surface area (TPSA) is 55.3 Å². The maximum absolute atomic E-state index is 12.0. The third-order valence-electron chi connectivity index (χ3n) is 3.30. The van der Waals surface area contributed by atoms with Crippen LogP contribution in [-0.2, 0) is 11.2 Å². The van der Waals surface area contributed by atoms with E-state index in [1.807, 2.05) is 40.1 Å². The van der Waals surface area contributed by atoms with Crippen LogP contribution in [0.1, 0.15) is 38.6 Å². The van der Waals surface area contributed by atoms with Crippen LogP contribution < -0.4 is 0 Å². The molecule has 0 saturated carbocycles. The number of ether oxygens (including phenoxy) is 1. The summed E-state index contributed by atoms with van der Waals surface area (Å²) in [5.74, 6) is 1.25. The SMILES string of the molecule is Cc1ncc(CC2CCN(C(=O)OC(C)(C)C)C2)cn1.S. The summed E-state index contributed by atoms with van der Waals surface area (Å²) < 4.78 is 5.40. The molecule has 2 heterocycles. The minimum Gasteiger partial charge on any atom is -0.444 e. The van der Waals surface area contributed by atoms with Crippen LogP contribution in [-0.4, -0.2) is 39.7 Å². The normalized spacial score (nSPS) is 18.3. The Balaban J connectivity index is 0.00000220. The molecule has 0 N–H and O–H groups in total. The summed E-state index contributed by atoms with van der Waals surface area (Å²) in [6.07, 6.45) is 5.46. The monoisotopic (exact) mass is 311 g/mol. The molecule has 1 atom stereocenters. The van der Waals surface area contributed by atoms with E-state index in [4.69, 9.17) is 4.74 Å². The lowest BCUT2D eigenvalue weighted by molar-refractivity contribution is 0.0288. The van der Waals surface area contributed by atoms with Gasteiger partial charge in [0.25, 0.3) is 0 Å². The highest BCUT2D eigenvalue weighted by molar-refractivity contribution is 7.59. The number of aryl methyl sites for hydroxylation is 1. The average Bonchev–Trinajstić information content (AvgIpc) is 2.79. The van der Waals surface area contributed by atoms with E-state index in [0.717, 1.165) is 37.3 Å². The summed E-state index contributed by atoms with van der Waals surface area (Å²) in [6, 6.07) is 0. The first-order valence-electron chi connectivity index (χ1n) is 7.09. The van der Waals surface area contributed by atoms with Gasteiger partial charge in [-0.05, 0) is 52.0 Å². The minimum atomic E-state index is -0.431. The zero-order valence-corrected chi connectivity index (χ0v) is 14.2. The molecule has 5 nitrogen and oxygen atoms in total. The molecule has 1 saturated heterocycles. The molecular formula is C15H25N3O2S. The van der Waals surface area contributed by atoms with Gasteiger partial charge in [0, 0.05) is 25.5 Å². The average molecular weight is 311 g/mol. The first-order chi connectivity index (χ1) is 9.33. The van der Waals surface area contributed by atoms with Gasteiger partial charge in [-0.15, -0.1) is 0 Å². The first kappa shape index (κ1) is 17.8. The van der Waals surface area contributed by atoms with E-state index in [0.29, 0.717) is 5.92 Å². The molecule has 1 unspecified atom stereocenters. The summed E-state index contributed by atoms with van der Waals surface area (Å²) in [6.45, 7) is 9.07. The lowest BCUT2D eigenvalue weighted by Gasteiger charge is -2.24. The molecule has 1 aliphatic rings. The molecule has 0 aromatic carbocycles. The maximum atomic E-state index is 12.0. The molecule has 118 valence electrons. The maximum Gasteiger partial charge on any atom is 0.410 e. The van der Waals surface area contributed by atoms with Gasteiger partial charge in [-0.25, -0.2) is 14.8 Å². The van der Waals surface area contributed by atoms with Crippen LogP contribution in [0.5, 0.6) is 0 Å². The second-order valence-corrected chi connectivity index (χ2v) is 6.42. The summed E-state index contributed by atoms with van der Waals surface area (Å²) in [5, 5.41) is 0. The number of hydrogen-bond acceptors (Lipinski definition) is 4. The van der Waals surface area contributed by atoms with E-state index in [9.17, 15) is 4.79 Å². The molecule has 0 radical (unpaired) electrons. The largest absolute Gasteiger partial charge is 0.444 e. The fourth-order valence-electron chi connectivity index (χ4n) is 2.35. The summed E-state index contributed by atoms with van der Waals surface area (Å²) in [4.78, 5) is 22.2. The number of rotatable bonds is 2. The van der Waals surface area contributed by atoms with Crippen molar-refractivity contribution in [3.8, 4) is 0 Å². The zero-order chi connectivity index (χ0) is 14.8. The van der Waals surface area contributed by atoms with Crippen molar-refractivity contribution in [3.63, 3.8) is 0 Å². The lowest BCUT2D eigenvalue weighted by atomic mass is 10.0. The van der Waals surface area contributed by atoms with Crippen molar-refractivity contribution in [2.24, 2.45) is 5.92 Å². The number of nitrogens with zero attached hydrogens (tertiary/aromatic N) is 3. The molecule has 0 aliphatic carbocycles. The predicted octanol–water partition coefficient (Wildman–Crippen LogP) is 2.70.